The molecule has 11 nitrogen and oxygen atoms in total. The third-order valence-corrected chi connectivity index (χ3v) is 4.85. The Hall–Kier alpha value is 0.290. The molecule has 10 atom stereocenters. The zero-order valence-electron chi connectivity index (χ0n) is 14.7. The minimum Gasteiger partial charge on any atom is -0.394 e. The summed E-state index contributed by atoms with van der Waals surface area (Å²) < 4.78 is 26.7. The fourth-order valence-electron chi connectivity index (χ4n) is 2.97. The molecule has 0 aliphatic carbocycles. The molecule has 2 aliphatic rings. The maximum absolute atomic E-state index is 10.5. The number of halogens is 1. The van der Waals surface area contributed by atoms with Gasteiger partial charge in [0.25, 0.3) is 0 Å². The van der Waals surface area contributed by atoms with Crippen LogP contribution >= 0.6 is 23.0 Å². The molecule has 160 valence electrons. The van der Waals surface area contributed by atoms with Gasteiger partial charge in [0.15, 0.2) is 12.6 Å². The second-order valence-corrected chi connectivity index (χ2v) is 7.09. The zero-order valence-corrected chi connectivity index (χ0v) is 16.9. The lowest BCUT2D eigenvalue weighted by Crippen LogP contribution is -2.64. The Morgan fingerprint density at radius 3 is 2.11 bits per heavy atom. The van der Waals surface area contributed by atoms with E-state index in [9.17, 15) is 30.6 Å². The number of hydrogen-bond donors (Lipinski definition) is 6. The molecule has 0 aromatic heterocycles. The smallest absolute Gasteiger partial charge is 0.187 e. The highest BCUT2D eigenvalue weighted by Gasteiger charge is 2.50. The second kappa shape index (κ2) is 10.9. The fraction of sp³-hybridized carbons (Fsp3) is 1.00. The van der Waals surface area contributed by atoms with Gasteiger partial charge < -0.3 is 52.7 Å². The molecule has 2 saturated heterocycles. The van der Waals surface area contributed by atoms with E-state index < -0.39 is 68.0 Å². The summed E-state index contributed by atoms with van der Waals surface area (Å²) in [5, 5.41) is 60.0. The Kier molecular flexibility index (Phi) is 9.51. The molecule has 0 radical (unpaired) electrons. The predicted octanol–water partition coefficient (Wildman–Crippen LogP) is -2.59. The summed E-state index contributed by atoms with van der Waals surface area (Å²) >= 11 is 1.63. The van der Waals surface area contributed by atoms with E-state index in [4.69, 9.17) is 22.0 Å². The number of aliphatic hydroxyl groups excluding tert-OH is 6. The van der Waals surface area contributed by atoms with Crippen LogP contribution in [-0.2, 0) is 22.0 Å². The summed E-state index contributed by atoms with van der Waals surface area (Å²) in [6.45, 7) is 1.52. The van der Waals surface area contributed by atoms with Crippen molar-refractivity contribution in [3.63, 3.8) is 0 Å². The number of ether oxygens (including phenoxy) is 4. The molecule has 6 N–H and O–H groups in total. The van der Waals surface area contributed by atoms with Crippen LogP contribution in [0, 0.1) is 0 Å². The first-order valence-corrected chi connectivity index (χ1v) is 9.56. The summed E-state index contributed by atoms with van der Waals surface area (Å²) in [4.78, 5) is 0. The van der Waals surface area contributed by atoms with Crippen molar-refractivity contribution in [3.05, 3.63) is 0 Å². The van der Waals surface area contributed by atoms with Crippen molar-refractivity contribution < 1.29 is 52.7 Å². The van der Waals surface area contributed by atoms with E-state index in [1.54, 1.807) is 23.0 Å². The van der Waals surface area contributed by atoms with Gasteiger partial charge in [-0.25, -0.2) is 0 Å². The van der Waals surface area contributed by atoms with Crippen LogP contribution in [0.15, 0.2) is 0 Å². The summed E-state index contributed by atoms with van der Waals surface area (Å²) in [6.07, 6.45) is -13.0. The van der Waals surface area contributed by atoms with E-state index >= 15 is 0 Å². The molecule has 0 saturated carbocycles. The molecule has 12 heteroatoms. The van der Waals surface area contributed by atoms with E-state index in [2.05, 4.69) is 0 Å². The van der Waals surface area contributed by atoms with E-state index in [1.165, 1.54) is 0 Å². The van der Waals surface area contributed by atoms with E-state index in [1.807, 2.05) is 6.92 Å². The van der Waals surface area contributed by atoms with Crippen LogP contribution in [-0.4, -0.2) is 112 Å². The predicted molar refractivity (Wildman–Crippen MR) is 95.5 cm³/mol. The van der Waals surface area contributed by atoms with Crippen molar-refractivity contribution in [2.45, 2.75) is 74.8 Å². The van der Waals surface area contributed by atoms with E-state index in [0.29, 0.717) is 13.0 Å². The van der Waals surface area contributed by atoms with Gasteiger partial charge in [0.1, 0.15) is 71.8 Å². The number of hydrogen-bond acceptors (Lipinski definition) is 11. The number of aliphatic hydroxyl groups is 6. The van der Waals surface area contributed by atoms with Crippen molar-refractivity contribution in [3.8, 4) is 0 Å². The first-order valence-electron chi connectivity index (χ1n) is 8.68. The first-order chi connectivity index (χ1) is 12.8. The lowest BCUT2D eigenvalue weighted by Gasteiger charge is -2.46. The maximum Gasteiger partial charge on any atom is 0.187 e. The maximum atomic E-state index is 10.5. The average molecular weight is 510 g/mol. The molecule has 0 bridgehead atoms. The SMILES string of the molecule is CCCO[C@H]1O[C@H](COI)[C@@H](O)[C@H](O[C@H]2O[C@H](CO)[C@@H](O)[C@H](O)[C@@H]2O)[C@@H]1O. The monoisotopic (exact) mass is 510 g/mol. The minimum atomic E-state index is -1.67. The first kappa shape index (κ1) is 23.6. The van der Waals surface area contributed by atoms with E-state index in [-0.39, 0.29) is 6.61 Å². The lowest BCUT2D eigenvalue weighted by atomic mass is 9.97. The summed E-state index contributed by atoms with van der Waals surface area (Å²) in [6, 6.07) is 0. The van der Waals surface area contributed by atoms with Crippen molar-refractivity contribution in [2.24, 2.45) is 0 Å². The Morgan fingerprint density at radius 2 is 1.52 bits per heavy atom. The van der Waals surface area contributed by atoms with Crippen molar-refractivity contribution in [2.75, 3.05) is 19.8 Å². The molecule has 0 aromatic rings. The van der Waals surface area contributed by atoms with E-state index in [0.717, 1.165) is 0 Å². The fourth-order valence-corrected chi connectivity index (χ4v) is 3.32. The number of rotatable bonds is 8. The quantitative estimate of drug-likeness (QED) is 0.190. The highest BCUT2D eigenvalue weighted by Crippen LogP contribution is 2.30. The molecule has 27 heavy (non-hydrogen) atoms. The third-order valence-electron chi connectivity index (χ3n) is 4.50. The van der Waals surface area contributed by atoms with Gasteiger partial charge >= 0.3 is 0 Å². The molecule has 0 unspecified atom stereocenters. The molecule has 0 aromatic carbocycles. The topological polar surface area (TPSA) is 168 Å². The van der Waals surface area contributed by atoms with Crippen LogP contribution in [0.1, 0.15) is 13.3 Å². The molecular formula is C15H27IO11. The largest absolute Gasteiger partial charge is 0.394 e. The standard InChI is InChI=1S/C15H27IO11/c1-2-3-23-14-12(22)13(9(19)7(26-14)5-24-16)27-15-11(21)10(20)8(18)6(4-17)25-15/h6-15,17-22H,2-5H2,1H3/t6-,7-,8-,9-,10+,11+,12+,13+,14+,15-/m1/s1. The molecule has 2 fully saturated rings. The Bertz CT molecular complexity index is 442. The highest BCUT2D eigenvalue weighted by molar-refractivity contribution is 14.1. The second-order valence-electron chi connectivity index (χ2n) is 6.47. The Balaban J connectivity index is 2.14. The van der Waals surface area contributed by atoms with Crippen LogP contribution in [0.3, 0.4) is 0 Å². The van der Waals surface area contributed by atoms with Gasteiger partial charge in [-0.2, -0.15) is 0 Å². The van der Waals surface area contributed by atoms with Crippen LogP contribution in [0.4, 0.5) is 0 Å². The van der Waals surface area contributed by atoms with Gasteiger partial charge in [-0.05, 0) is 6.42 Å². The van der Waals surface area contributed by atoms with Gasteiger partial charge in [-0.15, -0.1) is 0 Å². The van der Waals surface area contributed by atoms with Crippen molar-refractivity contribution in [1.82, 2.24) is 0 Å². The summed E-state index contributed by atoms with van der Waals surface area (Å²) in [5.74, 6) is 0. The van der Waals surface area contributed by atoms with Gasteiger partial charge in [0.2, 0.25) is 0 Å². The normalized spacial score (nSPS) is 45.8. The molecule has 0 spiro atoms. The molecule has 2 rings (SSSR count). The Morgan fingerprint density at radius 1 is 0.852 bits per heavy atom. The van der Waals surface area contributed by atoms with Crippen molar-refractivity contribution >= 4 is 23.0 Å². The van der Waals surface area contributed by atoms with Crippen molar-refractivity contribution in [1.29, 1.82) is 0 Å². The highest BCUT2D eigenvalue weighted by atomic mass is 127. The summed E-state index contributed by atoms with van der Waals surface area (Å²) in [5.41, 5.74) is 0. The zero-order chi connectivity index (χ0) is 20.1. The summed E-state index contributed by atoms with van der Waals surface area (Å²) in [7, 11) is 0. The Labute approximate surface area is 170 Å². The minimum absolute atomic E-state index is 0.0189. The van der Waals surface area contributed by atoms with Crippen LogP contribution in [0.2, 0.25) is 0 Å². The van der Waals surface area contributed by atoms with Crippen LogP contribution in [0.25, 0.3) is 0 Å². The average Bonchev–Trinajstić information content (AvgIpc) is 2.66. The third kappa shape index (κ3) is 5.46. The van der Waals surface area contributed by atoms with Crippen LogP contribution in [0.5, 0.6) is 0 Å². The van der Waals surface area contributed by atoms with Gasteiger partial charge in [-0.3, -0.25) is 0 Å². The van der Waals surface area contributed by atoms with Crippen LogP contribution < -0.4 is 0 Å². The van der Waals surface area contributed by atoms with Gasteiger partial charge in [-0.1, -0.05) is 6.92 Å². The molecule has 0 amide bonds. The molecule has 2 aliphatic heterocycles. The lowest BCUT2D eigenvalue weighted by molar-refractivity contribution is -0.359. The van der Waals surface area contributed by atoms with Gasteiger partial charge in [0, 0.05) is 6.61 Å². The molecule has 2 heterocycles. The molecular weight excluding hydrogens is 483 g/mol. The van der Waals surface area contributed by atoms with Gasteiger partial charge in [0.05, 0.1) is 13.2 Å².